The van der Waals surface area contributed by atoms with Crippen LogP contribution in [0.25, 0.3) is 0 Å². The largest absolute Gasteiger partial charge is 0.307 e. The van der Waals surface area contributed by atoms with Crippen molar-refractivity contribution in [3.05, 3.63) is 34.9 Å². The van der Waals surface area contributed by atoms with Crippen LogP contribution >= 0.6 is 11.6 Å². The Balaban J connectivity index is 1.90. The molecule has 82 valence electrons. The van der Waals surface area contributed by atoms with E-state index in [1.807, 2.05) is 12.1 Å². The zero-order valence-corrected chi connectivity index (χ0v) is 9.98. The molecular weight excluding hydrogens is 206 g/mol. The van der Waals surface area contributed by atoms with E-state index in [2.05, 4.69) is 24.4 Å². The monoisotopic (exact) mass is 223 g/mol. The highest BCUT2D eigenvalue weighted by Gasteiger charge is 2.27. The first-order chi connectivity index (χ1) is 7.18. The molecule has 0 saturated heterocycles. The molecule has 0 heterocycles. The average molecular weight is 224 g/mol. The summed E-state index contributed by atoms with van der Waals surface area (Å²) in [4.78, 5) is 0. The van der Waals surface area contributed by atoms with E-state index in [0.717, 1.165) is 11.6 Å². The quantitative estimate of drug-likeness (QED) is 0.823. The van der Waals surface area contributed by atoms with Gasteiger partial charge in [-0.3, -0.25) is 0 Å². The summed E-state index contributed by atoms with van der Waals surface area (Å²) in [7, 11) is 0. The predicted molar refractivity (Wildman–Crippen MR) is 65.2 cm³/mol. The number of rotatable bonds is 3. The highest BCUT2D eigenvalue weighted by Crippen LogP contribution is 2.29. The molecule has 1 aliphatic rings. The van der Waals surface area contributed by atoms with Gasteiger partial charge in [0.15, 0.2) is 0 Å². The molecule has 0 radical (unpaired) electrons. The second-order valence-corrected chi connectivity index (χ2v) is 5.18. The van der Waals surface area contributed by atoms with E-state index in [1.165, 1.54) is 31.2 Å². The van der Waals surface area contributed by atoms with E-state index in [0.29, 0.717) is 5.54 Å². The Hall–Kier alpha value is -0.530. The lowest BCUT2D eigenvalue weighted by atomic mass is 10.0. The maximum absolute atomic E-state index is 5.85. The Morgan fingerprint density at radius 3 is 2.40 bits per heavy atom. The normalized spacial score (nSPS) is 19.3. The molecule has 1 aromatic rings. The Kier molecular flexibility index (Phi) is 3.32. The molecule has 15 heavy (non-hydrogen) atoms. The van der Waals surface area contributed by atoms with Crippen molar-refractivity contribution >= 4 is 11.6 Å². The maximum atomic E-state index is 5.85. The van der Waals surface area contributed by atoms with Crippen molar-refractivity contribution in [3.8, 4) is 0 Å². The lowest BCUT2D eigenvalue weighted by Crippen LogP contribution is -2.38. The molecule has 0 aromatic heterocycles. The van der Waals surface area contributed by atoms with Crippen LogP contribution in [0.4, 0.5) is 0 Å². The number of hydrogen-bond acceptors (Lipinski definition) is 1. The van der Waals surface area contributed by atoms with Crippen molar-refractivity contribution in [2.24, 2.45) is 0 Å². The minimum Gasteiger partial charge on any atom is -0.307 e. The van der Waals surface area contributed by atoms with Gasteiger partial charge in [-0.2, -0.15) is 0 Å². The van der Waals surface area contributed by atoms with Crippen LogP contribution < -0.4 is 5.32 Å². The third-order valence-electron chi connectivity index (χ3n) is 3.34. The Morgan fingerprint density at radius 2 is 1.80 bits per heavy atom. The van der Waals surface area contributed by atoms with Crippen LogP contribution in [-0.2, 0) is 6.54 Å². The van der Waals surface area contributed by atoms with Crippen LogP contribution in [0.5, 0.6) is 0 Å². The van der Waals surface area contributed by atoms with Crippen molar-refractivity contribution in [2.75, 3.05) is 0 Å². The third-order valence-corrected chi connectivity index (χ3v) is 3.59. The zero-order valence-electron chi connectivity index (χ0n) is 9.22. The molecule has 0 amide bonds. The molecule has 1 N–H and O–H groups in total. The van der Waals surface area contributed by atoms with Gasteiger partial charge in [0, 0.05) is 17.1 Å². The molecule has 0 spiro atoms. The van der Waals surface area contributed by atoms with E-state index in [1.54, 1.807) is 0 Å². The number of halogens is 1. The topological polar surface area (TPSA) is 12.0 Å². The third kappa shape index (κ3) is 2.96. The zero-order chi connectivity index (χ0) is 10.7. The van der Waals surface area contributed by atoms with Crippen molar-refractivity contribution in [1.82, 2.24) is 5.32 Å². The van der Waals surface area contributed by atoms with Crippen molar-refractivity contribution in [3.63, 3.8) is 0 Å². The second kappa shape index (κ2) is 4.54. The van der Waals surface area contributed by atoms with E-state index in [4.69, 9.17) is 11.6 Å². The van der Waals surface area contributed by atoms with Gasteiger partial charge >= 0.3 is 0 Å². The molecule has 1 nitrogen and oxygen atoms in total. The van der Waals surface area contributed by atoms with Crippen LogP contribution in [0, 0.1) is 0 Å². The van der Waals surface area contributed by atoms with Crippen molar-refractivity contribution in [1.29, 1.82) is 0 Å². The minimum atomic E-state index is 0.361. The fourth-order valence-corrected chi connectivity index (χ4v) is 2.38. The average Bonchev–Trinajstić information content (AvgIpc) is 2.65. The SMILES string of the molecule is CC1(NCc2ccc(Cl)cc2)CCCC1. The van der Waals surface area contributed by atoms with Crippen molar-refractivity contribution in [2.45, 2.75) is 44.7 Å². The number of nitrogens with one attached hydrogen (secondary N) is 1. The molecule has 1 aromatic carbocycles. The van der Waals surface area contributed by atoms with Gasteiger partial charge in [0.2, 0.25) is 0 Å². The molecule has 2 heteroatoms. The van der Waals surface area contributed by atoms with Crippen LogP contribution in [0.1, 0.15) is 38.2 Å². The molecule has 1 aliphatic carbocycles. The highest BCUT2D eigenvalue weighted by molar-refractivity contribution is 6.30. The highest BCUT2D eigenvalue weighted by atomic mass is 35.5. The minimum absolute atomic E-state index is 0.361. The van der Waals surface area contributed by atoms with E-state index < -0.39 is 0 Å². The molecule has 0 aliphatic heterocycles. The van der Waals surface area contributed by atoms with Gasteiger partial charge in [-0.05, 0) is 37.5 Å². The van der Waals surface area contributed by atoms with Gasteiger partial charge < -0.3 is 5.32 Å². The summed E-state index contributed by atoms with van der Waals surface area (Å²) in [5.41, 5.74) is 1.67. The van der Waals surface area contributed by atoms with Gasteiger partial charge in [-0.25, -0.2) is 0 Å². The number of hydrogen-bond donors (Lipinski definition) is 1. The molecule has 0 atom stereocenters. The van der Waals surface area contributed by atoms with Gasteiger partial charge in [0.05, 0.1) is 0 Å². The summed E-state index contributed by atoms with van der Waals surface area (Å²) in [5, 5.41) is 4.46. The lowest BCUT2D eigenvalue weighted by Gasteiger charge is -2.25. The first-order valence-electron chi connectivity index (χ1n) is 5.67. The first kappa shape index (κ1) is 11.0. The molecule has 1 saturated carbocycles. The Bertz CT molecular complexity index is 312. The van der Waals surface area contributed by atoms with E-state index >= 15 is 0 Å². The standard InChI is InChI=1S/C13H18ClN/c1-13(8-2-3-9-13)15-10-11-4-6-12(14)7-5-11/h4-7,15H,2-3,8-10H2,1H3. The number of benzene rings is 1. The van der Waals surface area contributed by atoms with Gasteiger partial charge in [-0.15, -0.1) is 0 Å². The summed E-state index contributed by atoms with van der Waals surface area (Å²) in [6.45, 7) is 3.28. The second-order valence-electron chi connectivity index (χ2n) is 4.75. The van der Waals surface area contributed by atoms with Gasteiger partial charge in [0.25, 0.3) is 0 Å². The van der Waals surface area contributed by atoms with Crippen LogP contribution in [0.3, 0.4) is 0 Å². The fourth-order valence-electron chi connectivity index (χ4n) is 2.25. The first-order valence-corrected chi connectivity index (χ1v) is 6.05. The molecular formula is C13H18ClN. The summed E-state index contributed by atoms with van der Waals surface area (Å²) >= 11 is 5.85. The van der Waals surface area contributed by atoms with Crippen LogP contribution in [-0.4, -0.2) is 5.54 Å². The smallest absolute Gasteiger partial charge is 0.0406 e. The Morgan fingerprint density at radius 1 is 1.20 bits per heavy atom. The lowest BCUT2D eigenvalue weighted by molar-refractivity contribution is 0.363. The molecule has 0 unspecified atom stereocenters. The van der Waals surface area contributed by atoms with Gasteiger partial charge in [0.1, 0.15) is 0 Å². The summed E-state index contributed by atoms with van der Waals surface area (Å²) in [6, 6.07) is 8.09. The Labute approximate surface area is 96.8 Å². The van der Waals surface area contributed by atoms with Crippen LogP contribution in [0.15, 0.2) is 24.3 Å². The summed E-state index contributed by atoms with van der Waals surface area (Å²) < 4.78 is 0. The van der Waals surface area contributed by atoms with E-state index in [9.17, 15) is 0 Å². The molecule has 1 fully saturated rings. The summed E-state index contributed by atoms with van der Waals surface area (Å²) in [5.74, 6) is 0. The summed E-state index contributed by atoms with van der Waals surface area (Å²) in [6.07, 6.45) is 5.34. The maximum Gasteiger partial charge on any atom is 0.0406 e. The fraction of sp³-hybridized carbons (Fsp3) is 0.538. The van der Waals surface area contributed by atoms with E-state index in [-0.39, 0.29) is 0 Å². The van der Waals surface area contributed by atoms with Gasteiger partial charge in [-0.1, -0.05) is 36.6 Å². The van der Waals surface area contributed by atoms with Crippen LogP contribution in [0.2, 0.25) is 5.02 Å². The molecule has 0 bridgehead atoms. The predicted octanol–water partition coefficient (Wildman–Crippen LogP) is 3.76. The van der Waals surface area contributed by atoms with Crippen molar-refractivity contribution < 1.29 is 0 Å². The molecule has 2 rings (SSSR count).